The molecular formula is C14H19ClN2O2. The Morgan fingerprint density at radius 3 is 2.95 bits per heavy atom. The van der Waals surface area contributed by atoms with Crippen LogP contribution < -0.4 is 10.6 Å². The van der Waals surface area contributed by atoms with Gasteiger partial charge in [0.15, 0.2) is 0 Å². The molecule has 4 nitrogen and oxygen atoms in total. The number of carbonyl (C=O) groups excluding carboxylic acids is 1. The van der Waals surface area contributed by atoms with E-state index in [0.717, 1.165) is 5.57 Å². The standard InChI is InChI=1S/C14H19ClN2O2/c1-11(2)10-19-7-6-16-9-14(18)17-13-5-3-4-12(15)8-13/h3-5,8,16H,1,6-7,9-10H2,2H3,(H,17,18). The number of benzene rings is 1. The predicted octanol–water partition coefficient (Wildman–Crippen LogP) is 2.46. The van der Waals surface area contributed by atoms with Crippen LogP contribution in [0, 0.1) is 0 Å². The zero-order valence-electron chi connectivity index (χ0n) is 11.0. The minimum atomic E-state index is -0.109. The van der Waals surface area contributed by atoms with Crippen molar-refractivity contribution in [3.05, 3.63) is 41.4 Å². The number of nitrogens with one attached hydrogen (secondary N) is 2. The summed E-state index contributed by atoms with van der Waals surface area (Å²) < 4.78 is 5.30. The van der Waals surface area contributed by atoms with E-state index in [9.17, 15) is 4.79 Å². The molecule has 0 heterocycles. The molecular weight excluding hydrogens is 264 g/mol. The van der Waals surface area contributed by atoms with E-state index >= 15 is 0 Å². The maximum absolute atomic E-state index is 11.6. The third-order valence-corrected chi connectivity index (χ3v) is 2.40. The van der Waals surface area contributed by atoms with Crippen LogP contribution in [0.5, 0.6) is 0 Å². The van der Waals surface area contributed by atoms with Crippen LogP contribution in [0.4, 0.5) is 5.69 Å². The molecule has 0 unspecified atom stereocenters. The number of hydrogen-bond donors (Lipinski definition) is 2. The SMILES string of the molecule is C=C(C)COCCNCC(=O)Nc1cccc(Cl)c1. The van der Waals surface area contributed by atoms with E-state index in [4.69, 9.17) is 16.3 Å². The van der Waals surface area contributed by atoms with Gasteiger partial charge in [-0.15, -0.1) is 0 Å². The monoisotopic (exact) mass is 282 g/mol. The Hall–Kier alpha value is -1.36. The summed E-state index contributed by atoms with van der Waals surface area (Å²) in [6.45, 7) is 7.61. The molecule has 0 radical (unpaired) electrons. The van der Waals surface area contributed by atoms with Crippen LogP contribution in [0.2, 0.25) is 5.02 Å². The minimum absolute atomic E-state index is 0.109. The number of ether oxygens (including phenoxy) is 1. The van der Waals surface area contributed by atoms with Crippen molar-refractivity contribution in [3.8, 4) is 0 Å². The van der Waals surface area contributed by atoms with Gasteiger partial charge in [0.25, 0.3) is 0 Å². The first kappa shape index (κ1) is 15.7. The number of carbonyl (C=O) groups is 1. The highest BCUT2D eigenvalue weighted by atomic mass is 35.5. The fraction of sp³-hybridized carbons (Fsp3) is 0.357. The molecule has 0 aliphatic carbocycles. The third-order valence-electron chi connectivity index (χ3n) is 2.17. The van der Waals surface area contributed by atoms with Gasteiger partial charge in [-0.25, -0.2) is 0 Å². The fourth-order valence-electron chi connectivity index (χ4n) is 1.36. The van der Waals surface area contributed by atoms with Crippen molar-refractivity contribution >= 4 is 23.2 Å². The van der Waals surface area contributed by atoms with E-state index in [0.29, 0.717) is 30.5 Å². The van der Waals surface area contributed by atoms with Gasteiger partial charge in [-0.05, 0) is 25.1 Å². The van der Waals surface area contributed by atoms with Crippen molar-refractivity contribution in [1.29, 1.82) is 0 Å². The largest absolute Gasteiger partial charge is 0.376 e. The maximum atomic E-state index is 11.6. The van der Waals surface area contributed by atoms with Crippen LogP contribution >= 0.6 is 11.6 Å². The van der Waals surface area contributed by atoms with Crippen LogP contribution in [0.1, 0.15) is 6.92 Å². The van der Waals surface area contributed by atoms with Gasteiger partial charge in [0.1, 0.15) is 0 Å². The van der Waals surface area contributed by atoms with Gasteiger partial charge >= 0.3 is 0 Å². The Kier molecular flexibility index (Phi) is 7.18. The van der Waals surface area contributed by atoms with E-state index in [-0.39, 0.29) is 12.5 Å². The minimum Gasteiger partial charge on any atom is -0.376 e. The van der Waals surface area contributed by atoms with E-state index in [2.05, 4.69) is 17.2 Å². The van der Waals surface area contributed by atoms with Crippen molar-refractivity contribution in [2.24, 2.45) is 0 Å². The lowest BCUT2D eigenvalue weighted by atomic mass is 10.3. The van der Waals surface area contributed by atoms with Gasteiger partial charge in [-0.3, -0.25) is 4.79 Å². The molecule has 1 rings (SSSR count). The zero-order chi connectivity index (χ0) is 14.1. The average molecular weight is 283 g/mol. The lowest BCUT2D eigenvalue weighted by Crippen LogP contribution is -2.30. The van der Waals surface area contributed by atoms with Crippen molar-refractivity contribution in [2.75, 3.05) is 31.6 Å². The second-order valence-corrected chi connectivity index (χ2v) is 4.68. The highest BCUT2D eigenvalue weighted by molar-refractivity contribution is 6.30. The smallest absolute Gasteiger partial charge is 0.238 e. The second kappa shape index (κ2) is 8.69. The van der Waals surface area contributed by atoms with Crippen LogP contribution in [-0.4, -0.2) is 32.2 Å². The van der Waals surface area contributed by atoms with Gasteiger partial charge in [0.2, 0.25) is 5.91 Å². The van der Waals surface area contributed by atoms with E-state index in [1.165, 1.54) is 0 Å². The molecule has 1 aromatic carbocycles. The highest BCUT2D eigenvalue weighted by Gasteiger charge is 2.01. The van der Waals surface area contributed by atoms with Gasteiger partial charge in [0.05, 0.1) is 19.8 Å². The molecule has 0 saturated carbocycles. The molecule has 5 heteroatoms. The summed E-state index contributed by atoms with van der Waals surface area (Å²) in [7, 11) is 0. The molecule has 0 aromatic heterocycles. The molecule has 0 aliphatic rings. The summed E-state index contributed by atoms with van der Waals surface area (Å²) >= 11 is 5.82. The van der Waals surface area contributed by atoms with E-state index in [1.807, 2.05) is 6.92 Å². The third kappa shape index (κ3) is 7.62. The number of halogens is 1. The Morgan fingerprint density at radius 2 is 2.26 bits per heavy atom. The molecule has 0 spiro atoms. The van der Waals surface area contributed by atoms with Crippen LogP contribution in [0.3, 0.4) is 0 Å². The lowest BCUT2D eigenvalue weighted by molar-refractivity contribution is -0.115. The predicted molar refractivity (Wildman–Crippen MR) is 78.6 cm³/mol. The van der Waals surface area contributed by atoms with Crippen molar-refractivity contribution in [3.63, 3.8) is 0 Å². The van der Waals surface area contributed by atoms with Crippen LogP contribution in [-0.2, 0) is 9.53 Å². The highest BCUT2D eigenvalue weighted by Crippen LogP contribution is 2.14. The van der Waals surface area contributed by atoms with Gasteiger partial charge in [-0.2, -0.15) is 0 Å². The molecule has 1 aromatic rings. The number of anilines is 1. The summed E-state index contributed by atoms with van der Waals surface area (Å²) in [6.07, 6.45) is 0. The Morgan fingerprint density at radius 1 is 1.47 bits per heavy atom. The molecule has 0 saturated heterocycles. The van der Waals surface area contributed by atoms with E-state index < -0.39 is 0 Å². The number of hydrogen-bond acceptors (Lipinski definition) is 3. The van der Waals surface area contributed by atoms with Crippen LogP contribution in [0.15, 0.2) is 36.4 Å². The molecule has 2 N–H and O–H groups in total. The topological polar surface area (TPSA) is 50.4 Å². The molecule has 0 bridgehead atoms. The maximum Gasteiger partial charge on any atom is 0.238 e. The molecule has 19 heavy (non-hydrogen) atoms. The summed E-state index contributed by atoms with van der Waals surface area (Å²) in [5, 5.41) is 6.34. The first-order valence-corrected chi connectivity index (χ1v) is 6.44. The van der Waals surface area contributed by atoms with Gasteiger partial charge < -0.3 is 15.4 Å². The fourth-order valence-corrected chi connectivity index (χ4v) is 1.55. The number of rotatable bonds is 8. The quantitative estimate of drug-likeness (QED) is 0.569. The average Bonchev–Trinajstić information content (AvgIpc) is 2.33. The molecule has 1 amide bonds. The van der Waals surface area contributed by atoms with Crippen LogP contribution in [0.25, 0.3) is 0 Å². The summed E-state index contributed by atoms with van der Waals surface area (Å²) in [5.74, 6) is -0.109. The van der Waals surface area contributed by atoms with Crippen molar-refractivity contribution in [2.45, 2.75) is 6.92 Å². The Balaban J connectivity index is 2.13. The summed E-state index contributed by atoms with van der Waals surface area (Å²) in [5.41, 5.74) is 1.68. The molecule has 0 atom stereocenters. The van der Waals surface area contributed by atoms with Gasteiger partial charge in [0, 0.05) is 17.3 Å². The number of amides is 1. The summed E-state index contributed by atoms with van der Waals surface area (Å²) in [4.78, 5) is 11.6. The first-order chi connectivity index (χ1) is 9.08. The molecule has 104 valence electrons. The van der Waals surface area contributed by atoms with Crippen molar-refractivity contribution < 1.29 is 9.53 Å². The lowest BCUT2D eigenvalue weighted by Gasteiger charge is -2.07. The van der Waals surface area contributed by atoms with Crippen molar-refractivity contribution in [1.82, 2.24) is 5.32 Å². The first-order valence-electron chi connectivity index (χ1n) is 6.06. The summed E-state index contributed by atoms with van der Waals surface area (Å²) in [6, 6.07) is 7.04. The molecule has 0 aliphatic heterocycles. The second-order valence-electron chi connectivity index (χ2n) is 4.24. The van der Waals surface area contributed by atoms with E-state index in [1.54, 1.807) is 24.3 Å². The normalized spacial score (nSPS) is 10.2. The molecule has 0 fully saturated rings. The van der Waals surface area contributed by atoms with Gasteiger partial charge in [-0.1, -0.05) is 29.8 Å². The Labute approximate surface area is 118 Å². The zero-order valence-corrected chi connectivity index (χ0v) is 11.8. The Bertz CT molecular complexity index is 435.